The molecule has 0 saturated carbocycles. The average molecular weight is 480 g/mol. The quantitative estimate of drug-likeness (QED) is 0.222. The maximum absolute atomic E-state index is 3.75. The van der Waals surface area contributed by atoms with Gasteiger partial charge in [0.15, 0.2) is 0 Å². The van der Waals surface area contributed by atoms with Gasteiger partial charge in [-0.25, -0.2) is 11.1 Å². The molecule has 150 valence electrons. The molecule has 1 aromatic rings. The number of hydrogen-bond acceptors (Lipinski definition) is 0. The summed E-state index contributed by atoms with van der Waals surface area (Å²) in [5.41, 5.74) is 10.7. The Bertz CT molecular complexity index is 650. The molecule has 0 heterocycles. The second-order valence-corrected chi connectivity index (χ2v) is 9.29. The molecule has 0 spiro atoms. The SMILES string of the molecule is CCCCCC1=C(C)[C-]=C([SiH2]c2c(C)c(C)c(C)c(C)c2C)C1.[Cl-].[Cl-].[Cl-].[Ti+4]. The maximum Gasteiger partial charge on any atom is 4.00 e. The largest absolute Gasteiger partial charge is 4.00 e. The molecule has 0 saturated heterocycles. The van der Waals surface area contributed by atoms with Crippen molar-refractivity contribution in [2.75, 3.05) is 0 Å². The monoisotopic (exact) mass is 478 g/mol. The van der Waals surface area contributed by atoms with Crippen molar-refractivity contribution in [1.82, 2.24) is 0 Å². The van der Waals surface area contributed by atoms with Crippen LogP contribution in [0.15, 0.2) is 16.3 Å². The van der Waals surface area contributed by atoms with E-state index in [1.807, 2.05) is 0 Å². The number of unbranched alkanes of at least 4 members (excludes halogenated alkanes) is 2. The Kier molecular flexibility index (Phi) is 17.3. The van der Waals surface area contributed by atoms with E-state index in [1.54, 1.807) is 27.1 Å². The third-order valence-electron chi connectivity index (χ3n) is 5.95. The van der Waals surface area contributed by atoms with E-state index in [1.165, 1.54) is 54.4 Å². The standard InChI is InChI=1S/C22H33Si.3ClH.Ti/c1-8-9-10-11-20-13-21(12-14(20)2)23-22-18(6)16(4)15(3)17(5)19(22)7;;;;/h8-11,13,23H2,1-7H3;3*1H;/q-1;;;;+4/p-3. The van der Waals surface area contributed by atoms with Gasteiger partial charge < -0.3 is 37.2 Å². The van der Waals surface area contributed by atoms with Crippen LogP contribution in [0.1, 0.15) is 73.8 Å². The molecule has 0 bridgehead atoms. The minimum absolute atomic E-state index is 0. The second-order valence-electron chi connectivity index (χ2n) is 7.37. The van der Waals surface area contributed by atoms with Crippen molar-refractivity contribution in [1.29, 1.82) is 0 Å². The number of hydrogen-bond donors (Lipinski definition) is 0. The van der Waals surface area contributed by atoms with Crippen LogP contribution in [0.3, 0.4) is 0 Å². The predicted molar refractivity (Wildman–Crippen MR) is 107 cm³/mol. The van der Waals surface area contributed by atoms with Crippen LogP contribution in [-0.4, -0.2) is 9.52 Å². The predicted octanol–water partition coefficient (Wildman–Crippen LogP) is -3.98. The molecule has 0 fully saturated rings. The number of allylic oxidation sites excluding steroid dienone is 4. The Morgan fingerprint density at radius 2 is 1.26 bits per heavy atom. The molecule has 0 radical (unpaired) electrons. The van der Waals surface area contributed by atoms with Gasteiger partial charge in [-0.05, 0) is 62.4 Å². The summed E-state index contributed by atoms with van der Waals surface area (Å²) in [6, 6.07) is 0. The molecule has 1 aliphatic rings. The third kappa shape index (κ3) is 7.68. The van der Waals surface area contributed by atoms with Gasteiger partial charge >= 0.3 is 21.7 Å². The van der Waals surface area contributed by atoms with E-state index < -0.39 is 0 Å². The van der Waals surface area contributed by atoms with E-state index in [9.17, 15) is 0 Å². The van der Waals surface area contributed by atoms with Crippen LogP contribution >= 0.6 is 0 Å². The molecule has 5 heteroatoms. The smallest absolute Gasteiger partial charge is 1.00 e. The van der Waals surface area contributed by atoms with E-state index in [4.69, 9.17) is 0 Å². The number of benzene rings is 1. The molecule has 27 heavy (non-hydrogen) atoms. The number of halogens is 3. The molecule has 0 aliphatic heterocycles. The van der Waals surface area contributed by atoms with Crippen molar-refractivity contribution in [3.63, 3.8) is 0 Å². The van der Waals surface area contributed by atoms with Crippen LogP contribution in [0, 0.1) is 40.7 Å². The summed E-state index contributed by atoms with van der Waals surface area (Å²) in [5.74, 6) is 0. The van der Waals surface area contributed by atoms with Gasteiger partial charge in [0, 0.05) is 0 Å². The zero-order chi connectivity index (χ0) is 17.1. The Morgan fingerprint density at radius 3 is 1.74 bits per heavy atom. The first-order chi connectivity index (χ1) is 10.9. The molecule has 1 aliphatic carbocycles. The van der Waals surface area contributed by atoms with Crippen molar-refractivity contribution in [3.05, 3.63) is 50.2 Å². The summed E-state index contributed by atoms with van der Waals surface area (Å²) in [7, 11) is -0.380. The molecule has 2 rings (SSSR count). The van der Waals surface area contributed by atoms with E-state index in [0.717, 1.165) is 0 Å². The van der Waals surface area contributed by atoms with Gasteiger partial charge in [-0.2, -0.15) is 5.20 Å². The molecule has 0 nitrogen and oxygen atoms in total. The molecule has 0 N–H and O–H groups in total. The van der Waals surface area contributed by atoms with Crippen LogP contribution in [0.2, 0.25) is 0 Å². The molecule has 0 unspecified atom stereocenters. The Labute approximate surface area is 203 Å². The Balaban J connectivity index is -0.00000144. The van der Waals surface area contributed by atoms with Gasteiger partial charge in [0.2, 0.25) is 0 Å². The van der Waals surface area contributed by atoms with Gasteiger partial charge in [-0.1, -0.05) is 51.1 Å². The molecule has 0 atom stereocenters. The Hall–Kier alpha value is 0.501. The van der Waals surface area contributed by atoms with Crippen molar-refractivity contribution in [3.8, 4) is 0 Å². The molecule has 1 aromatic carbocycles. The fraction of sp³-hybridized carbons (Fsp3) is 0.545. The third-order valence-corrected chi connectivity index (χ3v) is 8.22. The van der Waals surface area contributed by atoms with E-state index in [2.05, 4.69) is 54.5 Å². The Morgan fingerprint density at radius 1 is 0.778 bits per heavy atom. The minimum atomic E-state index is -0.380. The normalized spacial score (nSPS) is 12.9. The van der Waals surface area contributed by atoms with E-state index >= 15 is 0 Å². The maximum atomic E-state index is 3.75. The summed E-state index contributed by atoms with van der Waals surface area (Å²) in [6.07, 6.45) is 10.3. The van der Waals surface area contributed by atoms with Gasteiger partial charge in [-0.3, -0.25) is 6.08 Å². The van der Waals surface area contributed by atoms with Crippen LogP contribution in [0.4, 0.5) is 0 Å². The fourth-order valence-electron chi connectivity index (χ4n) is 3.82. The summed E-state index contributed by atoms with van der Waals surface area (Å²) in [5, 5.41) is 3.30. The first-order valence-electron chi connectivity index (χ1n) is 9.22. The van der Waals surface area contributed by atoms with Gasteiger partial charge in [0.1, 0.15) is 0 Å². The zero-order valence-corrected chi connectivity index (χ0v) is 23.1. The summed E-state index contributed by atoms with van der Waals surface area (Å²) >= 11 is 0. The first kappa shape index (κ1) is 32.2. The van der Waals surface area contributed by atoms with Gasteiger partial charge in [0.25, 0.3) is 0 Å². The molecule has 0 amide bonds. The fourth-order valence-corrected chi connectivity index (χ4v) is 6.08. The topological polar surface area (TPSA) is 0 Å². The average Bonchev–Trinajstić information content (AvgIpc) is 2.88. The zero-order valence-electron chi connectivity index (χ0n) is 17.9. The molecule has 0 aromatic heterocycles. The minimum Gasteiger partial charge on any atom is -1.00 e. The van der Waals surface area contributed by atoms with Crippen molar-refractivity contribution < 1.29 is 58.9 Å². The van der Waals surface area contributed by atoms with E-state index in [-0.39, 0.29) is 68.5 Å². The van der Waals surface area contributed by atoms with Crippen LogP contribution in [-0.2, 0) is 21.7 Å². The van der Waals surface area contributed by atoms with Crippen molar-refractivity contribution in [2.45, 2.75) is 80.6 Å². The van der Waals surface area contributed by atoms with Gasteiger partial charge in [-0.15, -0.1) is 0 Å². The molecular weight excluding hydrogens is 447 g/mol. The summed E-state index contributed by atoms with van der Waals surface area (Å²) in [6.45, 7) is 16.1. The second kappa shape index (κ2) is 14.5. The van der Waals surface area contributed by atoms with Crippen LogP contribution < -0.4 is 42.4 Å². The van der Waals surface area contributed by atoms with Crippen molar-refractivity contribution >= 4 is 14.7 Å². The summed E-state index contributed by atoms with van der Waals surface area (Å²) < 4.78 is 0. The first-order valence-corrected chi connectivity index (χ1v) is 10.6. The molecular formula is C22H33Cl3SiTi. The van der Waals surface area contributed by atoms with Crippen molar-refractivity contribution in [2.24, 2.45) is 0 Å². The van der Waals surface area contributed by atoms with E-state index in [0.29, 0.717) is 0 Å². The van der Waals surface area contributed by atoms with Crippen LogP contribution in [0.5, 0.6) is 0 Å². The van der Waals surface area contributed by atoms with Gasteiger partial charge in [0.05, 0.1) is 9.52 Å². The summed E-state index contributed by atoms with van der Waals surface area (Å²) in [4.78, 5) is 0. The number of rotatable bonds is 6. The van der Waals surface area contributed by atoms with Crippen LogP contribution in [0.25, 0.3) is 0 Å².